The van der Waals surface area contributed by atoms with Crippen LogP contribution in [-0.2, 0) is 0 Å². The molecular weight excluding hydrogens is 280 g/mol. The minimum atomic E-state index is -0.227. The molecule has 0 aliphatic heterocycles. The lowest BCUT2D eigenvalue weighted by atomic mass is 9.62. The molecule has 23 heavy (non-hydrogen) atoms. The van der Waals surface area contributed by atoms with Gasteiger partial charge in [-0.1, -0.05) is 64.2 Å². The van der Waals surface area contributed by atoms with Crippen LogP contribution in [0.15, 0.2) is 36.5 Å². The molecule has 6 atom stereocenters. The van der Waals surface area contributed by atoms with Gasteiger partial charge in [0.15, 0.2) is 0 Å². The molecule has 0 saturated heterocycles. The van der Waals surface area contributed by atoms with E-state index in [9.17, 15) is 5.11 Å². The Labute approximate surface area is 144 Å². The highest BCUT2D eigenvalue weighted by Gasteiger charge is 2.37. The van der Waals surface area contributed by atoms with Gasteiger partial charge >= 0.3 is 0 Å². The molecule has 0 bridgehead atoms. The van der Waals surface area contributed by atoms with Gasteiger partial charge in [-0.25, -0.2) is 0 Å². The molecule has 132 valence electrons. The van der Waals surface area contributed by atoms with Crippen LogP contribution in [0.25, 0.3) is 0 Å². The summed E-state index contributed by atoms with van der Waals surface area (Å²) in [5.74, 6) is 3.18. The van der Waals surface area contributed by atoms with Gasteiger partial charge in [0.05, 0.1) is 6.10 Å². The Kier molecular flexibility index (Phi) is 8.91. The first-order valence-electron chi connectivity index (χ1n) is 9.66. The van der Waals surface area contributed by atoms with Crippen molar-refractivity contribution in [2.75, 3.05) is 0 Å². The molecule has 1 N–H and O–H groups in total. The van der Waals surface area contributed by atoms with Crippen LogP contribution in [-0.4, -0.2) is 11.2 Å². The predicted octanol–water partition coefficient (Wildman–Crippen LogP) is 6.16. The molecule has 0 amide bonds. The summed E-state index contributed by atoms with van der Waals surface area (Å²) < 4.78 is 0. The highest BCUT2D eigenvalue weighted by Crippen LogP contribution is 2.45. The third kappa shape index (κ3) is 5.35. The topological polar surface area (TPSA) is 20.2 Å². The Morgan fingerprint density at radius 2 is 2.04 bits per heavy atom. The van der Waals surface area contributed by atoms with Crippen molar-refractivity contribution in [2.24, 2.45) is 29.6 Å². The molecule has 1 nitrogen and oxygen atoms in total. The van der Waals surface area contributed by atoms with Gasteiger partial charge in [-0.3, -0.25) is 0 Å². The summed E-state index contributed by atoms with van der Waals surface area (Å²) in [5, 5.41) is 10.1. The molecule has 1 aliphatic rings. The zero-order valence-corrected chi connectivity index (χ0v) is 16.0. The molecule has 0 spiro atoms. The Balaban J connectivity index is 3.08. The summed E-state index contributed by atoms with van der Waals surface area (Å²) in [7, 11) is 0. The largest absolute Gasteiger partial charge is 0.393 e. The Bertz CT molecular complexity index is 404. The molecule has 0 heterocycles. The van der Waals surface area contributed by atoms with E-state index in [1.165, 1.54) is 19.3 Å². The fourth-order valence-electron chi connectivity index (χ4n) is 4.76. The van der Waals surface area contributed by atoms with E-state index in [4.69, 9.17) is 0 Å². The smallest absolute Gasteiger partial charge is 0.0515 e. The molecule has 4 unspecified atom stereocenters. The summed E-state index contributed by atoms with van der Waals surface area (Å²) >= 11 is 0. The molecule has 1 rings (SSSR count). The van der Waals surface area contributed by atoms with Crippen molar-refractivity contribution >= 4 is 0 Å². The van der Waals surface area contributed by atoms with Gasteiger partial charge in [0.25, 0.3) is 0 Å². The average Bonchev–Trinajstić information content (AvgIpc) is 2.53. The number of hydrogen-bond donors (Lipinski definition) is 1. The third-order valence-electron chi connectivity index (χ3n) is 5.97. The van der Waals surface area contributed by atoms with Gasteiger partial charge in [0.2, 0.25) is 0 Å². The summed E-state index contributed by atoms with van der Waals surface area (Å²) in [6.45, 7) is 15.1. The molecule has 0 aromatic rings. The van der Waals surface area contributed by atoms with Gasteiger partial charge in [0, 0.05) is 0 Å². The van der Waals surface area contributed by atoms with Crippen LogP contribution in [0.1, 0.15) is 66.7 Å². The quantitative estimate of drug-likeness (QED) is 0.398. The van der Waals surface area contributed by atoms with E-state index >= 15 is 0 Å². The van der Waals surface area contributed by atoms with E-state index in [0.717, 1.165) is 18.8 Å². The van der Waals surface area contributed by atoms with Crippen LogP contribution in [0, 0.1) is 29.6 Å². The van der Waals surface area contributed by atoms with E-state index in [-0.39, 0.29) is 6.10 Å². The maximum Gasteiger partial charge on any atom is 0.0515 e. The number of aliphatic hydroxyl groups excluding tert-OH is 1. The predicted molar refractivity (Wildman–Crippen MR) is 102 cm³/mol. The number of aliphatic hydroxyl groups is 1. The second kappa shape index (κ2) is 10.1. The van der Waals surface area contributed by atoms with Crippen LogP contribution < -0.4 is 0 Å². The lowest BCUT2D eigenvalue weighted by molar-refractivity contribution is 0.0804. The van der Waals surface area contributed by atoms with Crippen molar-refractivity contribution in [2.45, 2.75) is 72.8 Å². The zero-order valence-electron chi connectivity index (χ0n) is 16.0. The molecule has 0 saturated carbocycles. The minimum Gasteiger partial charge on any atom is -0.393 e. The number of rotatable bonds is 9. The van der Waals surface area contributed by atoms with Gasteiger partial charge in [-0.2, -0.15) is 0 Å². The molecule has 0 aromatic carbocycles. The van der Waals surface area contributed by atoms with E-state index < -0.39 is 0 Å². The van der Waals surface area contributed by atoms with E-state index in [1.807, 2.05) is 13.0 Å². The number of allylic oxidation sites excluding steroid dienone is 5. The van der Waals surface area contributed by atoms with Crippen molar-refractivity contribution in [3.8, 4) is 0 Å². The SMILES string of the molecule is C=C/C=C\C(CC)C(C[C@H](C)O)C1CC=C(CC)[C@H](CC)C1C. The van der Waals surface area contributed by atoms with Gasteiger partial charge in [-0.05, 0) is 68.6 Å². The number of hydrogen-bond acceptors (Lipinski definition) is 1. The molecule has 0 radical (unpaired) electrons. The minimum absolute atomic E-state index is 0.227. The van der Waals surface area contributed by atoms with Gasteiger partial charge in [-0.15, -0.1) is 0 Å². The first-order valence-corrected chi connectivity index (χ1v) is 9.66. The van der Waals surface area contributed by atoms with Crippen molar-refractivity contribution < 1.29 is 5.11 Å². The molecule has 1 heteroatoms. The zero-order chi connectivity index (χ0) is 17.4. The first kappa shape index (κ1) is 20.2. The second-order valence-electron chi connectivity index (χ2n) is 7.35. The normalized spacial score (nSPS) is 29.1. The highest BCUT2D eigenvalue weighted by atomic mass is 16.3. The van der Waals surface area contributed by atoms with E-state index in [1.54, 1.807) is 5.57 Å². The fourth-order valence-corrected chi connectivity index (χ4v) is 4.76. The van der Waals surface area contributed by atoms with Crippen LogP contribution in [0.3, 0.4) is 0 Å². The lowest BCUT2D eigenvalue weighted by Gasteiger charge is -2.43. The first-order chi connectivity index (χ1) is 11.0. The van der Waals surface area contributed by atoms with Crippen molar-refractivity contribution in [3.05, 3.63) is 36.5 Å². The summed E-state index contributed by atoms with van der Waals surface area (Å²) in [6.07, 6.45) is 14.2. The van der Waals surface area contributed by atoms with E-state index in [2.05, 4.69) is 52.5 Å². The summed E-state index contributed by atoms with van der Waals surface area (Å²) in [4.78, 5) is 0. The molecule has 1 aliphatic carbocycles. The summed E-state index contributed by atoms with van der Waals surface area (Å²) in [5.41, 5.74) is 1.65. The maximum atomic E-state index is 10.1. The Hall–Kier alpha value is -0.820. The van der Waals surface area contributed by atoms with Gasteiger partial charge < -0.3 is 5.11 Å². The van der Waals surface area contributed by atoms with Gasteiger partial charge in [0.1, 0.15) is 0 Å². The van der Waals surface area contributed by atoms with Crippen molar-refractivity contribution in [1.82, 2.24) is 0 Å². The van der Waals surface area contributed by atoms with Crippen molar-refractivity contribution in [1.29, 1.82) is 0 Å². The average molecular weight is 319 g/mol. The van der Waals surface area contributed by atoms with Crippen LogP contribution in [0.2, 0.25) is 0 Å². The van der Waals surface area contributed by atoms with Crippen molar-refractivity contribution in [3.63, 3.8) is 0 Å². The fraction of sp³-hybridized carbons (Fsp3) is 0.727. The monoisotopic (exact) mass is 318 g/mol. The standard InChI is InChI=1S/C22H38O/c1-7-11-12-18(8-2)22(15-16(5)23)21-14-13-19(9-3)20(10-4)17(21)6/h7,11-13,16-18,20-23H,1,8-10,14-15H2,2-6H3/b12-11-/t16-,17?,18?,20+,21?,22?/m0/s1. The highest BCUT2D eigenvalue weighted by molar-refractivity contribution is 5.14. The van der Waals surface area contributed by atoms with E-state index in [0.29, 0.717) is 23.7 Å². The second-order valence-corrected chi connectivity index (χ2v) is 7.35. The molecular formula is C22H38O. The summed E-state index contributed by atoms with van der Waals surface area (Å²) in [6, 6.07) is 0. The van der Waals surface area contributed by atoms with Crippen LogP contribution in [0.4, 0.5) is 0 Å². The van der Waals surface area contributed by atoms with Crippen LogP contribution in [0.5, 0.6) is 0 Å². The Morgan fingerprint density at radius 3 is 2.52 bits per heavy atom. The molecule has 0 fully saturated rings. The third-order valence-corrected chi connectivity index (χ3v) is 5.97. The Morgan fingerprint density at radius 1 is 1.35 bits per heavy atom. The molecule has 0 aromatic heterocycles. The van der Waals surface area contributed by atoms with Crippen LogP contribution >= 0.6 is 0 Å². The lowest BCUT2D eigenvalue weighted by Crippen LogP contribution is -2.35. The maximum absolute atomic E-state index is 10.1.